The molecule has 0 aliphatic rings. The largest absolute Gasteiger partial charge is 2.00 e. The van der Waals surface area contributed by atoms with Crippen molar-refractivity contribution in [2.75, 3.05) is 0 Å². The fourth-order valence-electron chi connectivity index (χ4n) is 0.818. The van der Waals surface area contributed by atoms with E-state index in [-0.39, 0.29) is 28.5 Å². The SMILES string of the molecule is [CH2-]Cc1cccc[n+]1C.[CH3-].[W+2]. The van der Waals surface area contributed by atoms with Crippen molar-refractivity contribution in [2.24, 2.45) is 7.05 Å². The van der Waals surface area contributed by atoms with Crippen molar-refractivity contribution in [2.45, 2.75) is 6.42 Å². The van der Waals surface area contributed by atoms with Crippen LogP contribution in [0.5, 0.6) is 0 Å². The third kappa shape index (κ3) is 3.67. The molecular formula is C9H14NW+. The molecule has 0 aliphatic heterocycles. The Morgan fingerprint density at radius 1 is 1.45 bits per heavy atom. The molecule has 11 heavy (non-hydrogen) atoms. The van der Waals surface area contributed by atoms with E-state index in [1.54, 1.807) is 0 Å². The van der Waals surface area contributed by atoms with E-state index in [9.17, 15) is 0 Å². The third-order valence-corrected chi connectivity index (χ3v) is 1.42. The number of hydrogen-bond donors (Lipinski definition) is 0. The molecule has 0 bridgehead atoms. The molecule has 1 heterocycles. The Kier molecular flexibility index (Phi) is 7.99. The van der Waals surface area contributed by atoms with Crippen molar-refractivity contribution in [3.05, 3.63) is 44.4 Å². The van der Waals surface area contributed by atoms with Gasteiger partial charge in [-0.1, -0.05) is 12.5 Å². The molecule has 0 amide bonds. The quantitative estimate of drug-likeness (QED) is 0.543. The van der Waals surface area contributed by atoms with Gasteiger partial charge >= 0.3 is 21.1 Å². The number of aryl methyl sites for hydroxylation is 1. The van der Waals surface area contributed by atoms with Crippen LogP contribution in [-0.2, 0) is 34.5 Å². The Morgan fingerprint density at radius 3 is 2.45 bits per heavy atom. The van der Waals surface area contributed by atoms with Gasteiger partial charge in [0.25, 0.3) is 0 Å². The molecule has 0 spiro atoms. The summed E-state index contributed by atoms with van der Waals surface area (Å²) in [7, 11) is 2.03. The summed E-state index contributed by atoms with van der Waals surface area (Å²) in [6.45, 7) is 3.80. The normalized spacial score (nSPS) is 7.82. The standard InChI is InChI=1S/C8H11N.CH3.W/c1-3-8-6-4-5-7-9(8)2;;/h4-7H,1,3H2,2H3;1H3;/q;-1;+2. The van der Waals surface area contributed by atoms with Crippen LogP contribution in [0, 0.1) is 14.4 Å². The van der Waals surface area contributed by atoms with Gasteiger partial charge in [-0.2, -0.15) is 0 Å². The Bertz CT molecular complexity index is 199. The Balaban J connectivity index is 0. The summed E-state index contributed by atoms with van der Waals surface area (Å²) in [5.74, 6) is 0. The van der Waals surface area contributed by atoms with Crippen molar-refractivity contribution in [1.82, 2.24) is 0 Å². The van der Waals surface area contributed by atoms with Crippen molar-refractivity contribution >= 4 is 0 Å². The minimum absolute atomic E-state index is 0. The second-order valence-corrected chi connectivity index (χ2v) is 2.05. The van der Waals surface area contributed by atoms with Crippen LogP contribution in [0.25, 0.3) is 0 Å². The fourth-order valence-corrected chi connectivity index (χ4v) is 0.818. The van der Waals surface area contributed by atoms with E-state index < -0.39 is 0 Å². The molecule has 0 fully saturated rings. The molecule has 0 saturated heterocycles. The van der Waals surface area contributed by atoms with Crippen LogP contribution in [0.2, 0.25) is 0 Å². The number of aromatic nitrogens is 1. The van der Waals surface area contributed by atoms with Crippen LogP contribution < -0.4 is 4.57 Å². The summed E-state index contributed by atoms with van der Waals surface area (Å²) in [4.78, 5) is 0. The Hall–Kier alpha value is -0.162. The van der Waals surface area contributed by atoms with E-state index in [0.29, 0.717) is 0 Å². The van der Waals surface area contributed by atoms with Gasteiger partial charge < -0.3 is 14.4 Å². The number of hydrogen-bond acceptors (Lipinski definition) is 0. The third-order valence-electron chi connectivity index (χ3n) is 1.42. The van der Waals surface area contributed by atoms with Crippen molar-refractivity contribution in [1.29, 1.82) is 0 Å². The van der Waals surface area contributed by atoms with E-state index >= 15 is 0 Å². The van der Waals surface area contributed by atoms with Gasteiger partial charge in [0.15, 0.2) is 11.9 Å². The molecule has 0 N–H and O–H groups in total. The fraction of sp³-hybridized carbons (Fsp3) is 0.222. The maximum Gasteiger partial charge on any atom is 2.00 e. The molecule has 1 rings (SSSR count). The van der Waals surface area contributed by atoms with Crippen LogP contribution in [0.15, 0.2) is 24.4 Å². The molecule has 0 saturated carbocycles. The molecule has 1 aromatic rings. The zero-order valence-electron chi connectivity index (χ0n) is 7.08. The van der Waals surface area contributed by atoms with E-state index in [4.69, 9.17) is 0 Å². The average Bonchev–Trinajstić information content (AvgIpc) is 1.89. The summed E-state index contributed by atoms with van der Waals surface area (Å²) >= 11 is 0. The first-order valence-electron chi connectivity index (χ1n) is 3.07. The minimum atomic E-state index is 0. The average molecular weight is 320 g/mol. The van der Waals surface area contributed by atoms with Gasteiger partial charge in [-0.05, 0) is 0 Å². The summed E-state index contributed by atoms with van der Waals surface area (Å²) in [5.41, 5.74) is 1.26. The summed E-state index contributed by atoms with van der Waals surface area (Å²) in [6.07, 6.45) is 2.89. The molecule has 60 valence electrons. The zero-order valence-corrected chi connectivity index (χ0v) is 10.0. The molecule has 0 radical (unpaired) electrons. The topological polar surface area (TPSA) is 3.88 Å². The second-order valence-electron chi connectivity index (χ2n) is 2.05. The molecular weight excluding hydrogens is 306 g/mol. The smallest absolute Gasteiger partial charge is 0.358 e. The second kappa shape index (κ2) is 6.54. The minimum Gasteiger partial charge on any atom is -0.358 e. The predicted molar refractivity (Wildman–Crippen MR) is 43.1 cm³/mol. The van der Waals surface area contributed by atoms with E-state index in [1.807, 2.05) is 25.4 Å². The maximum absolute atomic E-state index is 3.80. The molecule has 0 unspecified atom stereocenters. The van der Waals surface area contributed by atoms with Gasteiger partial charge in [-0.15, -0.1) is 0 Å². The van der Waals surface area contributed by atoms with Crippen LogP contribution in [0.3, 0.4) is 0 Å². The number of rotatable bonds is 1. The summed E-state index contributed by atoms with van der Waals surface area (Å²) in [5, 5.41) is 0. The summed E-state index contributed by atoms with van der Waals surface area (Å²) in [6, 6.07) is 6.12. The van der Waals surface area contributed by atoms with Crippen LogP contribution in [-0.4, -0.2) is 0 Å². The van der Waals surface area contributed by atoms with E-state index in [1.165, 1.54) is 5.69 Å². The molecule has 2 heteroatoms. The molecule has 0 aliphatic carbocycles. The van der Waals surface area contributed by atoms with Crippen LogP contribution in [0.4, 0.5) is 0 Å². The number of nitrogens with zero attached hydrogens (tertiary/aromatic N) is 1. The van der Waals surface area contributed by atoms with Crippen LogP contribution in [0.1, 0.15) is 5.69 Å². The van der Waals surface area contributed by atoms with Gasteiger partial charge in [0.1, 0.15) is 7.05 Å². The molecule has 1 aromatic heterocycles. The molecule has 1 nitrogen and oxygen atoms in total. The first-order valence-corrected chi connectivity index (χ1v) is 3.07. The first-order chi connectivity index (χ1) is 4.34. The Morgan fingerprint density at radius 2 is 2.09 bits per heavy atom. The van der Waals surface area contributed by atoms with Gasteiger partial charge in [-0.3, -0.25) is 0 Å². The first kappa shape index (κ1) is 13.4. The monoisotopic (exact) mass is 320 g/mol. The van der Waals surface area contributed by atoms with Crippen molar-refractivity contribution < 1.29 is 25.6 Å². The summed E-state index contributed by atoms with van der Waals surface area (Å²) < 4.78 is 2.08. The van der Waals surface area contributed by atoms with Gasteiger partial charge in [-0.25, -0.2) is 4.57 Å². The van der Waals surface area contributed by atoms with E-state index in [2.05, 4.69) is 17.6 Å². The van der Waals surface area contributed by atoms with E-state index in [0.717, 1.165) is 6.42 Å². The Labute approximate surface area is 83.7 Å². The number of pyridine rings is 1. The van der Waals surface area contributed by atoms with Crippen molar-refractivity contribution in [3.8, 4) is 0 Å². The molecule has 0 atom stereocenters. The maximum atomic E-state index is 3.80. The van der Waals surface area contributed by atoms with Crippen LogP contribution >= 0.6 is 0 Å². The van der Waals surface area contributed by atoms with Crippen molar-refractivity contribution in [3.63, 3.8) is 0 Å². The molecule has 0 aromatic carbocycles. The van der Waals surface area contributed by atoms with Gasteiger partial charge in [0, 0.05) is 12.1 Å². The van der Waals surface area contributed by atoms with Gasteiger partial charge in [0.2, 0.25) is 0 Å². The van der Waals surface area contributed by atoms with Gasteiger partial charge in [0.05, 0.1) is 0 Å². The zero-order chi connectivity index (χ0) is 6.69. The predicted octanol–water partition coefficient (Wildman–Crippen LogP) is 1.34.